The normalized spacial score (nSPS) is 13.5. The van der Waals surface area contributed by atoms with Crippen LogP contribution in [0.5, 0.6) is 0 Å². The van der Waals surface area contributed by atoms with E-state index in [1.54, 1.807) is 12.1 Å². The Kier molecular flexibility index (Phi) is 6.18. The molecule has 1 aromatic rings. The van der Waals surface area contributed by atoms with Crippen LogP contribution in [0.2, 0.25) is 5.02 Å². The predicted octanol–water partition coefficient (Wildman–Crippen LogP) is 1.95. The lowest BCUT2D eigenvalue weighted by Crippen LogP contribution is -2.47. The third kappa shape index (κ3) is 5.12. The molecule has 6 heteroatoms. The molecule has 0 fully saturated rings. The van der Waals surface area contributed by atoms with Crippen LogP contribution in [0.1, 0.15) is 25.5 Å². The highest BCUT2D eigenvalue weighted by Crippen LogP contribution is 2.16. The van der Waals surface area contributed by atoms with Gasteiger partial charge < -0.3 is 10.6 Å². The zero-order chi connectivity index (χ0) is 14.4. The van der Waals surface area contributed by atoms with Gasteiger partial charge in [0.2, 0.25) is 11.8 Å². The van der Waals surface area contributed by atoms with E-state index < -0.39 is 6.04 Å². The Morgan fingerprint density at radius 2 is 1.84 bits per heavy atom. The molecule has 0 heterocycles. The standard InChI is InChI=1S/C13H17ClN2O2S/c1-8(10-3-5-11(14)6-4-10)15-13(18)12(7-19)16-9(2)17/h3-6,8,12,19H,7H2,1-2H3,(H,15,18)(H,16,17). The van der Waals surface area contributed by atoms with Gasteiger partial charge in [0.25, 0.3) is 0 Å². The van der Waals surface area contributed by atoms with Crippen LogP contribution < -0.4 is 10.6 Å². The minimum atomic E-state index is -0.629. The van der Waals surface area contributed by atoms with Gasteiger partial charge in [0.15, 0.2) is 0 Å². The molecule has 0 bridgehead atoms. The first-order chi connectivity index (χ1) is 8.93. The smallest absolute Gasteiger partial charge is 0.243 e. The lowest BCUT2D eigenvalue weighted by molar-refractivity contribution is -0.127. The van der Waals surface area contributed by atoms with Gasteiger partial charge in [-0.1, -0.05) is 23.7 Å². The lowest BCUT2D eigenvalue weighted by atomic mass is 10.1. The number of thiol groups is 1. The summed E-state index contributed by atoms with van der Waals surface area (Å²) < 4.78 is 0. The second kappa shape index (κ2) is 7.40. The number of halogens is 1. The van der Waals surface area contributed by atoms with Crippen molar-refractivity contribution in [3.63, 3.8) is 0 Å². The maximum atomic E-state index is 12.0. The molecule has 0 radical (unpaired) electrons. The predicted molar refractivity (Wildman–Crippen MR) is 79.5 cm³/mol. The number of hydrogen-bond donors (Lipinski definition) is 3. The van der Waals surface area contributed by atoms with Gasteiger partial charge in [-0.3, -0.25) is 9.59 Å². The van der Waals surface area contributed by atoms with Crippen LogP contribution in [0.4, 0.5) is 0 Å². The highest BCUT2D eigenvalue weighted by molar-refractivity contribution is 7.80. The number of rotatable bonds is 5. The molecular weight excluding hydrogens is 284 g/mol. The van der Waals surface area contributed by atoms with Crippen molar-refractivity contribution >= 4 is 36.0 Å². The van der Waals surface area contributed by atoms with Gasteiger partial charge in [-0.05, 0) is 24.6 Å². The van der Waals surface area contributed by atoms with Crippen molar-refractivity contribution < 1.29 is 9.59 Å². The van der Waals surface area contributed by atoms with E-state index in [-0.39, 0.29) is 23.6 Å². The van der Waals surface area contributed by atoms with E-state index >= 15 is 0 Å². The average Bonchev–Trinajstić information content (AvgIpc) is 2.36. The van der Waals surface area contributed by atoms with Crippen molar-refractivity contribution in [1.29, 1.82) is 0 Å². The fourth-order valence-electron chi connectivity index (χ4n) is 1.59. The summed E-state index contributed by atoms with van der Waals surface area (Å²) >= 11 is 9.87. The Morgan fingerprint density at radius 3 is 2.32 bits per heavy atom. The Hall–Kier alpha value is -1.20. The highest BCUT2D eigenvalue weighted by atomic mass is 35.5. The van der Waals surface area contributed by atoms with Crippen molar-refractivity contribution in [2.24, 2.45) is 0 Å². The summed E-state index contributed by atoms with van der Waals surface area (Å²) in [5, 5.41) is 6.02. The van der Waals surface area contributed by atoms with E-state index in [1.165, 1.54) is 6.92 Å². The summed E-state index contributed by atoms with van der Waals surface area (Å²) in [5.74, 6) is -0.264. The number of nitrogens with one attached hydrogen (secondary N) is 2. The first kappa shape index (κ1) is 15.9. The maximum Gasteiger partial charge on any atom is 0.243 e. The second-order valence-corrected chi connectivity index (χ2v) is 5.02. The van der Waals surface area contributed by atoms with Gasteiger partial charge in [0, 0.05) is 17.7 Å². The minimum Gasteiger partial charge on any atom is -0.348 e. The zero-order valence-corrected chi connectivity index (χ0v) is 12.5. The number of carbonyl (C=O) groups excluding carboxylic acids is 2. The van der Waals surface area contributed by atoms with Crippen molar-refractivity contribution in [3.05, 3.63) is 34.9 Å². The van der Waals surface area contributed by atoms with Crippen molar-refractivity contribution in [3.8, 4) is 0 Å². The quantitative estimate of drug-likeness (QED) is 0.728. The molecule has 104 valence electrons. The van der Waals surface area contributed by atoms with Gasteiger partial charge in [-0.2, -0.15) is 12.6 Å². The fourth-order valence-corrected chi connectivity index (χ4v) is 1.97. The van der Waals surface area contributed by atoms with E-state index in [2.05, 4.69) is 23.3 Å². The Bertz CT molecular complexity index is 450. The summed E-state index contributed by atoms with van der Waals surface area (Å²) in [6.45, 7) is 3.23. The molecule has 2 N–H and O–H groups in total. The SMILES string of the molecule is CC(=O)NC(CS)C(=O)NC(C)c1ccc(Cl)cc1. The summed E-state index contributed by atoms with van der Waals surface area (Å²) in [6.07, 6.45) is 0. The average molecular weight is 301 g/mol. The molecule has 19 heavy (non-hydrogen) atoms. The van der Waals surface area contributed by atoms with Crippen LogP contribution in [0, 0.1) is 0 Å². The molecule has 0 aliphatic carbocycles. The van der Waals surface area contributed by atoms with Gasteiger partial charge in [0.1, 0.15) is 6.04 Å². The highest BCUT2D eigenvalue weighted by Gasteiger charge is 2.19. The summed E-state index contributed by atoms with van der Waals surface area (Å²) in [6, 6.07) is 6.44. The molecule has 0 aliphatic rings. The summed E-state index contributed by atoms with van der Waals surface area (Å²) in [5.41, 5.74) is 0.943. The Balaban J connectivity index is 2.64. The van der Waals surface area contributed by atoms with Crippen LogP contribution in [-0.4, -0.2) is 23.6 Å². The van der Waals surface area contributed by atoms with Gasteiger partial charge in [0.05, 0.1) is 6.04 Å². The molecule has 0 saturated carbocycles. The van der Waals surface area contributed by atoms with Crippen LogP contribution in [0.3, 0.4) is 0 Å². The monoisotopic (exact) mass is 300 g/mol. The first-order valence-electron chi connectivity index (χ1n) is 5.88. The van der Waals surface area contributed by atoms with Crippen molar-refractivity contribution in [1.82, 2.24) is 10.6 Å². The maximum absolute atomic E-state index is 12.0. The topological polar surface area (TPSA) is 58.2 Å². The Morgan fingerprint density at radius 1 is 1.26 bits per heavy atom. The number of hydrogen-bond acceptors (Lipinski definition) is 3. The van der Waals surface area contributed by atoms with E-state index in [4.69, 9.17) is 11.6 Å². The largest absolute Gasteiger partial charge is 0.348 e. The number of amides is 2. The first-order valence-corrected chi connectivity index (χ1v) is 6.89. The van der Waals surface area contributed by atoms with E-state index in [1.807, 2.05) is 19.1 Å². The fraction of sp³-hybridized carbons (Fsp3) is 0.385. The lowest BCUT2D eigenvalue weighted by Gasteiger charge is -2.19. The minimum absolute atomic E-state index is 0.166. The van der Waals surface area contributed by atoms with Crippen LogP contribution >= 0.6 is 24.2 Å². The number of benzene rings is 1. The molecule has 1 aromatic carbocycles. The molecule has 1 rings (SSSR count). The van der Waals surface area contributed by atoms with Crippen molar-refractivity contribution in [2.75, 3.05) is 5.75 Å². The van der Waals surface area contributed by atoms with Gasteiger partial charge in [-0.15, -0.1) is 0 Å². The summed E-state index contributed by atoms with van der Waals surface area (Å²) in [7, 11) is 0. The molecule has 4 nitrogen and oxygen atoms in total. The molecule has 2 atom stereocenters. The van der Waals surface area contributed by atoms with E-state index in [0.29, 0.717) is 5.02 Å². The molecule has 2 unspecified atom stereocenters. The van der Waals surface area contributed by atoms with Crippen molar-refractivity contribution in [2.45, 2.75) is 25.9 Å². The summed E-state index contributed by atoms with van der Waals surface area (Å²) in [4.78, 5) is 22.9. The van der Waals surface area contributed by atoms with Gasteiger partial charge in [-0.25, -0.2) is 0 Å². The molecule has 0 aliphatic heterocycles. The molecule has 0 spiro atoms. The Labute approximate surface area is 123 Å². The molecule has 0 saturated heterocycles. The molecular formula is C13H17ClN2O2S. The van der Waals surface area contributed by atoms with Gasteiger partial charge >= 0.3 is 0 Å². The zero-order valence-electron chi connectivity index (χ0n) is 10.8. The molecule has 2 amide bonds. The molecule has 0 aromatic heterocycles. The second-order valence-electron chi connectivity index (χ2n) is 4.22. The van der Waals surface area contributed by atoms with E-state index in [0.717, 1.165) is 5.56 Å². The third-order valence-corrected chi connectivity index (χ3v) is 3.22. The van der Waals surface area contributed by atoms with Crippen LogP contribution in [0.15, 0.2) is 24.3 Å². The third-order valence-electron chi connectivity index (χ3n) is 2.61. The van der Waals surface area contributed by atoms with Crippen LogP contribution in [0.25, 0.3) is 0 Å². The van der Waals surface area contributed by atoms with E-state index in [9.17, 15) is 9.59 Å². The van der Waals surface area contributed by atoms with Crippen LogP contribution in [-0.2, 0) is 9.59 Å². The number of carbonyl (C=O) groups is 2.